The van der Waals surface area contributed by atoms with Crippen molar-refractivity contribution < 1.29 is 27.7 Å². The number of carbonyl (C=O) groups is 2. The SMILES string of the molecule is Cc1nn(Cn2ccc(C(=O)Nc3c(C(N)=O)sc4nc(C(F)F)cc(-c5ccco5)c34)n2)c(C)c1[N+](=O)[O-]. The van der Waals surface area contributed by atoms with Crippen LogP contribution in [0.1, 0.15) is 43.7 Å². The number of hydrogen-bond donors (Lipinski definition) is 2. The molecule has 3 N–H and O–H groups in total. The van der Waals surface area contributed by atoms with Crippen LogP contribution in [0.3, 0.4) is 0 Å². The highest BCUT2D eigenvalue weighted by atomic mass is 32.1. The first kappa shape index (κ1) is 25.7. The number of thiophene rings is 1. The van der Waals surface area contributed by atoms with E-state index in [2.05, 4.69) is 20.5 Å². The Morgan fingerprint density at radius 1 is 1.28 bits per heavy atom. The number of amides is 2. The summed E-state index contributed by atoms with van der Waals surface area (Å²) in [5.74, 6) is -1.40. The minimum Gasteiger partial charge on any atom is -0.464 e. The summed E-state index contributed by atoms with van der Waals surface area (Å²) in [7, 11) is 0. The van der Waals surface area contributed by atoms with E-state index < -0.39 is 28.9 Å². The average molecular weight is 557 g/mol. The molecule has 5 aromatic rings. The quantitative estimate of drug-likeness (QED) is 0.210. The second-order valence-corrected chi connectivity index (χ2v) is 9.33. The van der Waals surface area contributed by atoms with E-state index in [-0.39, 0.29) is 55.8 Å². The smallest absolute Gasteiger partial charge is 0.312 e. The molecule has 16 heteroatoms. The summed E-state index contributed by atoms with van der Waals surface area (Å²) in [6, 6.07) is 5.63. The van der Waals surface area contributed by atoms with Crippen molar-refractivity contribution in [3.05, 3.63) is 74.5 Å². The molecule has 5 heterocycles. The van der Waals surface area contributed by atoms with Crippen LogP contribution in [0.4, 0.5) is 20.2 Å². The number of nitrogens with two attached hydrogens (primary N) is 1. The van der Waals surface area contributed by atoms with Gasteiger partial charge >= 0.3 is 5.69 Å². The summed E-state index contributed by atoms with van der Waals surface area (Å²) < 4.78 is 35.3. The lowest BCUT2D eigenvalue weighted by molar-refractivity contribution is -0.386. The van der Waals surface area contributed by atoms with Crippen LogP contribution in [0.25, 0.3) is 21.5 Å². The number of carbonyl (C=O) groups excluding carboxylic acids is 2. The lowest BCUT2D eigenvalue weighted by Gasteiger charge is -2.09. The van der Waals surface area contributed by atoms with Gasteiger partial charge in [-0.2, -0.15) is 10.2 Å². The molecule has 0 unspecified atom stereocenters. The number of hydrogen-bond acceptors (Lipinski definition) is 9. The van der Waals surface area contributed by atoms with E-state index in [1.54, 1.807) is 19.1 Å². The van der Waals surface area contributed by atoms with Crippen LogP contribution in [-0.2, 0) is 6.67 Å². The van der Waals surface area contributed by atoms with Gasteiger partial charge in [0.15, 0.2) is 5.69 Å². The van der Waals surface area contributed by atoms with Crippen LogP contribution in [0.15, 0.2) is 41.1 Å². The predicted octanol–water partition coefficient (Wildman–Crippen LogP) is 4.27. The molecule has 0 radical (unpaired) electrons. The normalized spacial score (nSPS) is 11.4. The van der Waals surface area contributed by atoms with Crippen LogP contribution >= 0.6 is 11.3 Å². The molecule has 13 nitrogen and oxygen atoms in total. The number of furan rings is 1. The molecular formula is C23H18F2N8O5S. The van der Waals surface area contributed by atoms with Crippen molar-refractivity contribution in [2.24, 2.45) is 5.73 Å². The molecule has 5 rings (SSSR count). The number of rotatable bonds is 8. The Morgan fingerprint density at radius 2 is 2.05 bits per heavy atom. The molecule has 5 aromatic heterocycles. The van der Waals surface area contributed by atoms with Gasteiger partial charge in [-0.05, 0) is 38.1 Å². The molecule has 0 atom stereocenters. The largest absolute Gasteiger partial charge is 0.464 e. The molecular weight excluding hydrogens is 538 g/mol. The van der Waals surface area contributed by atoms with Crippen molar-refractivity contribution in [2.45, 2.75) is 26.9 Å². The zero-order valence-corrected chi connectivity index (χ0v) is 21.0. The highest BCUT2D eigenvalue weighted by Gasteiger charge is 2.27. The van der Waals surface area contributed by atoms with Gasteiger partial charge in [-0.15, -0.1) is 11.3 Å². The van der Waals surface area contributed by atoms with Gasteiger partial charge in [0, 0.05) is 17.1 Å². The monoisotopic (exact) mass is 556 g/mol. The highest BCUT2D eigenvalue weighted by molar-refractivity contribution is 7.21. The molecule has 200 valence electrons. The van der Waals surface area contributed by atoms with Gasteiger partial charge in [-0.3, -0.25) is 24.4 Å². The molecule has 0 fully saturated rings. The molecule has 0 spiro atoms. The van der Waals surface area contributed by atoms with Crippen LogP contribution in [0.2, 0.25) is 0 Å². The summed E-state index contributed by atoms with van der Waals surface area (Å²) in [5, 5.41) is 22.4. The first-order valence-electron chi connectivity index (χ1n) is 11.2. The average Bonchev–Trinajstić information content (AvgIpc) is 3.66. The number of aryl methyl sites for hydroxylation is 1. The van der Waals surface area contributed by atoms with Crippen molar-refractivity contribution in [3.63, 3.8) is 0 Å². The van der Waals surface area contributed by atoms with Crippen LogP contribution < -0.4 is 11.1 Å². The Kier molecular flexibility index (Phi) is 6.39. The fraction of sp³-hybridized carbons (Fsp3) is 0.174. The third-order valence-electron chi connectivity index (χ3n) is 5.83. The van der Waals surface area contributed by atoms with Gasteiger partial charge in [0.25, 0.3) is 18.2 Å². The first-order chi connectivity index (χ1) is 18.5. The highest BCUT2D eigenvalue weighted by Crippen LogP contribution is 2.42. The van der Waals surface area contributed by atoms with Gasteiger partial charge in [0.2, 0.25) is 0 Å². The number of nitrogens with one attached hydrogen (secondary N) is 1. The lowest BCUT2D eigenvalue weighted by atomic mass is 10.1. The van der Waals surface area contributed by atoms with Crippen molar-refractivity contribution >= 4 is 44.7 Å². The van der Waals surface area contributed by atoms with E-state index in [0.29, 0.717) is 5.69 Å². The molecule has 0 saturated carbocycles. The van der Waals surface area contributed by atoms with E-state index in [1.165, 1.54) is 34.8 Å². The third-order valence-corrected chi connectivity index (χ3v) is 6.93. The summed E-state index contributed by atoms with van der Waals surface area (Å²) in [6.07, 6.45) is -0.0661. The van der Waals surface area contributed by atoms with Crippen molar-refractivity contribution in [2.75, 3.05) is 5.32 Å². The molecule has 0 aliphatic carbocycles. The van der Waals surface area contributed by atoms with Gasteiger partial charge in [0.1, 0.15) is 39.2 Å². The van der Waals surface area contributed by atoms with Gasteiger partial charge in [-0.25, -0.2) is 18.4 Å². The maximum Gasteiger partial charge on any atom is 0.312 e. The van der Waals surface area contributed by atoms with E-state index >= 15 is 0 Å². The predicted molar refractivity (Wildman–Crippen MR) is 135 cm³/mol. The Labute approximate surface area is 221 Å². The maximum absolute atomic E-state index is 13.6. The molecule has 0 bridgehead atoms. The minimum atomic E-state index is -2.90. The Balaban J connectivity index is 1.51. The number of nitro groups is 1. The van der Waals surface area contributed by atoms with E-state index in [4.69, 9.17) is 10.2 Å². The van der Waals surface area contributed by atoms with Crippen molar-refractivity contribution in [3.8, 4) is 11.3 Å². The van der Waals surface area contributed by atoms with Crippen molar-refractivity contribution in [1.29, 1.82) is 0 Å². The number of fused-ring (bicyclic) bond motifs is 1. The summed E-state index contributed by atoms with van der Waals surface area (Å²) in [5.41, 5.74) is 5.56. The third kappa shape index (κ3) is 4.61. The maximum atomic E-state index is 13.6. The zero-order chi connectivity index (χ0) is 28.0. The topological polar surface area (TPSA) is 177 Å². The number of nitrogens with zero attached hydrogens (tertiary/aromatic N) is 6. The molecule has 0 aliphatic heterocycles. The number of anilines is 1. The number of primary amides is 1. The molecule has 2 amide bonds. The number of aromatic nitrogens is 5. The second-order valence-electron chi connectivity index (χ2n) is 8.34. The number of alkyl halides is 2. The summed E-state index contributed by atoms with van der Waals surface area (Å²) in [4.78, 5) is 40.1. The van der Waals surface area contributed by atoms with Gasteiger partial charge in [-0.1, -0.05) is 0 Å². The molecule has 39 heavy (non-hydrogen) atoms. The van der Waals surface area contributed by atoms with E-state index in [9.17, 15) is 28.5 Å². The first-order valence-corrected chi connectivity index (χ1v) is 12.0. The minimum absolute atomic E-state index is 0.00925. The van der Waals surface area contributed by atoms with Crippen LogP contribution in [0, 0.1) is 24.0 Å². The molecule has 0 aliphatic rings. The fourth-order valence-electron chi connectivity index (χ4n) is 4.11. The summed E-state index contributed by atoms with van der Waals surface area (Å²) in [6.45, 7) is 3.05. The lowest BCUT2D eigenvalue weighted by Crippen LogP contribution is -2.18. The molecule has 0 saturated heterocycles. The van der Waals surface area contributed by atoms with E-state index in [0.717, 1.165) is 17.4 Å². The Hall–Kier alpha value is -4.99. The van der Waals surface area contributed by atoms with Crippen LogP contribution in [0.5, 0.6) is 0 Å². The van der Waals surface area contributed by atoms with Gasteiger partial charge < -0.3 is 15.5 Å². The van der Waals surface area contributed by atoms with Crippen molar-refractivity contribution in [1.82, 2.24) is 24.5 Å². The summed E-state index contributed by atoms with van der Waals surface area (Å²) >= 11 is 0.759. The fourth-order valence-corrected chi connectivity index (χ4v) is 5.13. The number of pyridine rings is 1. The Morgan fingerprint density at radius 3 is 2.67 bits per heavy atom. The Bertz CT molecular complexity index is 1760. The van der Waals surface area contributed by atoms with Crippen LogP contribution in [-0.4, -0.2) is 41.3 Å². The molecule has 0 aromatic carbocycles. The second kappa shape index (κ2) is 9.71. The van der Waals surface area contributed by atoms with Gasteiger partial charge in [0.05, 0.1) is 16.9 Å². The standard InChI is InChI=1S/C23H18F2N8O5S/c1-10-18(33(36)37)11(2)32(29-10)9-31-6-5-13(30-31)22(35)28-17-16-12(15-4-3-7-38-15)8-14(20(24)25)27-23(16)39-19(17)21(26)34/h3-8,20H,9H2,1-2H3,(H2,26,34)(H,28,35). The zero-order valence-electron chi connectivity index (χ0n) is 20.2. The van der Waals surface area contributed by atoms with E-state index in [1.807, 2.05) is 0 Å². The number of halogens is 2.